The van der Waals surface area contributed by atoms with Crippen molar-refractivity contribution in [3.8, 4) is 5.75 Å². The second kappa shape index (κ2) is 10.5. The molecular weight excluding hydrogens is 435 g/mol. The van der Waals surface area contributed by atoms with E-state index in [-0.39, 0.29) is 12.4 Å². The predicted octanol–water partition coefficient (Wildman–Crippen LogP) is 5.79. The molecule has 0 radical (unpaired) electrons. The highest BCUT2D eigenvalue weighted by molar-refractivity contribution is 9.10. The molecular formula is C20H19BrCl2N2O. The fraction of sp³-hybridized carbons (Fsp3) is 0.150. The highest BCUT2D eigenvalue weighted by atomic mass is 79.9. The van der Waals surface area contributed by atoms with E-state index >= 15 is 0 Å². The zero-order valence-corrected chi connectivity index (χ0v) is 17.2. The summed E-state index contributed by atoms with van der Waals surface area (Å²) in [6.45, 7) is 1.92. The Labute approximate surface area is 173 Å². The topological polar surface area (TPSA) is 34.1 Å². The fourth-order valence-electron chi connectivity index (χ4n) is 2.40. The van der Waals surface area contributed by atoms with Crippen LogP contribution < -0.4 is 10.1 Å². The van der Waals surface area contributed by atoms with E-state index in [4.69, 9.17) is 16.3 Å². The predicted molar refractivity (Wildman–Crippen MR) is 112 cm³/mol. The molecule has 0 amide bonds. The van der Waals surface area contributed by atoms with Crippen LogP contribution in [0.1, 0.15) is 16.8 Å². The number of hydrogen-bond acceptors (Lipinski definition) is 3. The van der Waals surface area contributed by atoms with Gasteiger partial charge >= 0.3 is 0 Å². The molecule has 0 saturated heterocycles. The average molecular weight is 454 g/mol. The van der Waals surface area contributed by atoms with E-state index in [0.717, 1.165) is 32.1 Å². The Kier molecular flexibility index (Phi) is 8.39. The molecule has 1 N–H and O–H groups in total. The number of benzene rings is 2. The summed E-state index contributed by atoms with van der Waals surface area (Å²) in [5.74, 6) is 0.867. The van der Waals surface area contributed by atoms with Gasteiger partial charge in [-0.15, -0.1) is 12.4 Å². The van der Waals surface area contributed by atoms with Crippen molar-refractivity contribution in [2.24, 2.45) is 0 Å². The van der Waals surface area contributed by atoms with Crippen molar-refractivity contribution in [3.05, 3.63) is 93.2 Å². The summed E-state index contributed by atoms with van der Waals surface area (Å²) < 4.78 is 7.03. The monoisotopic (exact) mass is 452 g/mol. The molecule has 0 aliphatic rings. The Morgan fingerprint density at radius 3 is 2.54 bits per heavy atom. The first-order valence-corrected chi connectivity index (χ1v) is 9.14. The van der Waals surface area contributed by atoms with Crippen LogP contribution in [0.4, 0.5) is 0 Å². The van der Waals surface area contributed by atoms with E-state index in [9.17, 15) is 0 Å². The second-order valence-electron chi connectivity index (χ2n) is 5.59. The zero-order valence-electron chi connectivity index (χ0n) is 14.0. The van der Waals surface area contributed by atoms with Crippen LogP contribution in [-0.4, -0.2) is 4.98 Å². The van der Waals surface area contributed by atoms with Gasteiger partial charge in [0.15, 0.2) is 0 Å². The lowest BCUT2D eigenvalue weighted by molar-refractivity contribution is 0.302. The number of nitrogens with zero attached hydrogens (tertiary/aromatic N) is 1. The largest absolute Gasteiger partial charge is 0.489 e. The fourth-order valence-corrected chi connectivity index (χ4v) is 2.93. The van der Waals surface area contributed by atoms with Gasteiger partial charge in [0.2, 0.25) is 0 Å². The van der Waals surface area contributed by atoms with Crippen molar-refractivity contribution in [2.75, 3.05) is 0 Å². The highest BCUT2D eigenvalue weighted by Gasteiger charge is 2.06. The Bertz CT molecular complexity index is 814. The number of halogens is 3. The summed E-state index contributed by atoms with van der Waals surface area (Å²) in [5, 5.41) is 4.14. The van der Waals surface area contributed by atoms with Crippen LogP contribution in [0.5, 0.6) is 5.75 Å². The molecule has 26 heavy (non-hydrogen) atoms. The molecule has 136 valence electrons. The molecule has 0 spiro atoms. The van der Waals surface area contributed by atoms with Crippen molar-refractivity contribution in [1.82, 2.24) is 10.3 Å². The summed E-state index contributed by atoms with van der Waals surface area (Å²) in [7, 11) is 0. The molecule has 3 aromatic rings. The van der Waals surface area contributed by atoms with Crippen molar-refractivity contribution < 1.29 is 4.74 Å². The molecule has 2 aromatic carbocycles. The summed E-state index contributed by atoms with van der Waals surface area (Å²) in [6, 6.07) is 19.6. The first-order chi connectivity index (χ1) is 12.2. The van der Waals surface area contributed by atoms with Crippen LogP contribution in [0.15, 0.2) is 71.3 Å². The molecule has 0 unspecified atom stereocenters. The van der Waals surface area contributed by atoms with Gasteiger partial charge in [-0.25, -0.2) is 0 Å². The van der Waals surface area contributed by atoms with Gasteiger partial charge in [0, 0.05) is 34.3 Å². The summed E-state index contributed by atoms with van der Waals surface area (Å²) in [6.07, 6.45) is 1.80. The minimum atomic E-state index is 0. The lowest BCUT2D eigenvalue weighted by atomic mass is 10.2. The van der Waals surface area contributed by atoms with Crippen molar-refractivity contribution >= 4 is 39.9 Å². The van der Waals surface area contributed by atoms with Crippen LogP contribution in [0.25, 0.3) is 0 Å². The Balaban J connectivity index is 0.00000243. The van der Waals surface area contributed by atoms with Crippen molar-refractivity contribution in [2.45, 2.75) is 19.7 Å². The first kappa shape index (κ1) is 20.7. The Morgan fingerprint density at radius 2 is 1.81 bits per heavy atom. The maximum atomic E-state index is 6.00. The molecule has 0 bridgehead atoms. The minimum absolute atomic E-state index is 0. The normalized spacial score (nSPS) is 10.2. The van der Waals surface area contributed by atoms with Crippen LogP contribution in [-0.2, 0) is 19.7 Å². The molecule has 3 rings (SSSR count). The molecule has 1 heterocycles. The van der Waals surface area contributed by atoms with E-state index in [0.29, 0.717) is 19.7 Å². The molecule has 0 aliphatic heterocycles. The van der Waals surface area contributed by atoms with Crippen LogP contribution in [0.2, 0.25) is 5.02 Å². The van der Waals surface area contributed by atoms with Crippen LogP contribution in [0, 0.1) is 0 Å². The summed E-state index contributed by atoms with van der Waals surface area (Å²) >= 11 is 9.45. The van der Waals surface area contributed by atoms with Gasteiger partial charge in [-0.1, -0.05) is 45.7 Å². The average Bonchev–Trinajstić information content (AvgIpc) is 2.63. The SMILES string of the molecule is Cl.Clc1ccc(COc2ccc(Br)cc2CNCc2ccccn2)cc1. The smallest absolute Gasteiger partial charge is 0.124 e. The highest BCUT2D eigenvalue weighted by Crippen LogP contribution is 2.24. The summed E-state index contributed by atoms with van der Waals surface area (Å²) in [5.41, 5.74) is 3.19. The lowest BCUT2D eigenvalue weighted by Crippen LogP contribution is -2.14. The van der Waals surface area contributed by atoms with E-state index in [1.54, 1.807) is 6.20 Å². The standard InChI is InChI=1S/C20H18BrClN2O.ClH/c21-17-6-9-20(25-14-15-4-7-18(22)8-5-15)16(11-17)12-23-13-19-3-1-2-10-24-19;/h1-11,23H,12-14H2;1H. The van der Waals surface area contributed by atoms with Gasteiger partial charge < -0.3 is 10.1 Å². The first-order valence-electron chi connectivity index (χ1n) is 7.97. The molecule has 0 saturated carbocycles. The Morgan fingerprint density at radius 1 is 1.00 bits per heavy atom. The number of aromatic nitrogens is 1. The van der Waals surface area contributed by atoms with E-state index in [2.05, 4.69) is 32.3 Å². The maximum Gasteiger partial charge on any atom is 0.124 e. The third-order valence-corrected chi connectivity index (χ3v) is 4.42. The zero-order chi connectivity index (χ0) is 17.5. The van der Waals surface area contributed by atoms with E-state index in [1.165, 1.54) is 0 Å². The third-order valence-electron chi connectivity index (χ3n) is 3.68. The number of pyridine rings is 1. The number of ether oxygens (including phenoxy) is 1. The molecule has 3 nitrogen and oxygen atoms in total. The van der Waals surface area contributed by atoms with Gasteiger partial charge in [-0.05, 0) is 48.0 Å². The van der Waals surface area contributed by atoms with Gasteiger partial charge in [-0.3, -0.25) is 4.98 Å². The molecule has 6 heteroatoms. The molecule has 1 aromatic heterocycles. The molecule has 0 fully saturated rings. The van der Waals surface area contributed by atoms with Crippen LogP contribution in [0.3, 0.4) is 0 Å². The van der Waals surface area contributed by atoms with Crippen molar-refractivity contribution in [3.63, 3.8) is 0 Å². The third kappa shape index (κ3) is 6.29. The number of nitrogens with one attached hydrogen (secondary N) is 1. The van der Waals surface area contributed by atoms with E-state index < -0.39 is 0 Å². The van der Waals surface area contributed by atoms with Crippen LogP contribution >= 0.6 is 39.9 Å². The number of rotatable bonds is 7. The lowest BCUT2D eigenvalue weighted by Gasteiger charge is -2.13. The second-order valence-corrected chi connectivity index (χ2v) is 6.94. The number of hydrogen-bond donors (Lipinski definition) is 1. The quantitative estimate of drug-likeness (QED) is 0.491. The van der Waals surface area contributed by atoms with Gasteiger partial charge in [0.25, 0.3) is 0 Å². The Hall–Kier alpha value is -1.59. The van der Waals surface area contributed by atoms with Crippen molar-refractivity contribution in [1.29, 1.82) is 0 Å². The minimum Gasteiger partial charge on any atom is -0.489 e. The maximum absolute atomic E-state index is 6.00. The van der Waals surface area contributed by atoms with Gasteiger partial charge in [0.05, 0.1) is 5.69 Å². The van der Waals surface area contributed by atoms with Gasteiger partial charge in [-0.2, -0.15) is 0 Å². The molecule has 0 aliphatic carbocycles. The van der Waals surface area contributed by atoms with Gasteiger partial charge in [0.1, 0.15) is 12.4 Å². The molecule has 0 atom stereocenters. The summed E-state index contributed by atoms with van der Waals surface area (Å²) in [4.78, 5) is 4.32. The van der Waals surface area contributed by atoms with E-state index in [1.807, 2.05) is 54.6 Å².